The normalized spacial score (nSPS) is 11.2. The summed E-state index contributed by atoms with van der Waals surface area (Å²) in [5.74, 6) is 1.24. The largest absolute Gasteiger partial charge is 0.354 e. The average molecular weight is 365 g/mol. The fraction of sp³-hybridized carbons (Fsp3) is 0.294. The van der Waals surface area contributed by atoms with E-state index in [1.165, 1.54) is 17.8 Å². The van der Waals surface area contributed by atoms with Crippen molar-refractivity contribution in [1.82, 2.24) is 19.3 Å². The van der Waals surface area contributed by atoms with Crippen LogP contribution >= 0.6 is 23.4 Å². The van der Waals surface area contributed by atoms with Crippen molar-refractivity contribution in [2.24, 2.45) is 7.05 Å². The lowest BCUT2D eigenvalue weighted by atomic mass is 10.2. The van der Waals surface area contributed by atoms with Crippen LogP contribution in [0.1, 0.15) is 24.0 Å². The molecule has 0 aliphatic heterocycles. The highest BCUT2D eigenvalue weighted by atomic mass is 35.5. The first-order valence-corrected chi connectivity index (χ1v) is 9.04. The molecule has 3 aromatic rings. The van der Waals surface area contributed by atoms with Crippen LogP contribution in [-0.2, 0) is 25.8 Å². The molecular weight excluding hydrogens is 347 g/mol. The van der Waals surface area contributed by atoms with Crippen molar-refractivity contribution in [3.05, 3.63) is 64.5 Å². The van der Waals surface area contributed by atoms with Gasteiger partial charge in [-0.15, -0.1) is 10.2 Å². The van der Waals surface area contributed by atoms with Gasteiger partial charge >= 0.3 is 0 Å². The molecule has 0 aliphatic rings. The molecule has 0 amide bonds. The molecule has 24 heavy (non-hydrogen) atoms. The molecule has 0 saturated carbocycles. The lowest BCUT2D eigenvalue weighted by Gasteiger charge is -2.08. The van der Waals surface area contributed by atoms with Gasteiger partial charge in [0.15, 0.2) is 5.16 Å². The Morgan fingerprint density at radius 3 is 2.75 bits per heavy atom. The van der Waals surface area contributed by atoms with Gasteiger partial charge in [0.2, 0.25) is 0 Å². The third-order valence-electron chi connectivity index (χ3n) is 3.87. The van der Waals surface area contributed by atoms with Crippen LogP contribution in [0.25, 0.3) is 0 Å². The molecule has 0 bridgehead atoms. The summed E-state index contributed by atoms with van der Waals surface area (Å²) in [4.78, 5) is 0. The fourth-order valence-electron chi connectivity index (χ4n) is 2.50. The first-order valence-electron chi connectivity index (χ1n) is 7.67. The lowest BCUT2D eigenvalue weighted by molar-refractivity contribution is 0.627. The summed E-state index contributed by atoms with van der Waals surface area (Å²) >= 11 is 7.65. The van der Waals surface area contributed by atoms with Crippen molar-refractivity contribution in [3.8, 4) is 0 Å². The minimum atomic E-state index is -0.324. The molecule has 0 aliphatic carbocycles. The molecule has 1 aromatic carbocycles. The van der Waals surface area contributed by atoms with E-state index in [1.54, 1.807) is 17.8 Å². The Hall–Kier alpha value is -1.79. The smallest absolute Gasteiger partial charge is 0.191 e. The van der Waals surface area contributed by atoms with Crippen LogP contribution < -0.4 is 0 Å². The van der Waals surface area contributed by atoms with Crippen LogP contribution in [0.4, 0.5) is 4.39 Å². The molecule has 4 nitrogen and oxygen atoms in total. The Labute approximate surface area is 149 Å². The van der Waals surface area contributed by atoms with Gasteiger partial charge in [-0.25, -0.2) is 4.39 Å². The Bertz CT molecular complexity index is 843. The van der Waals surface area contributed by atoms with Crippen molar-refractivity contribution in [2.75, 3.05) is 0 Å². The predicted octanol–water partition coefficient (Wildman–Crippen LogP) is 4.31. The molecule has 0 spiro atoms. The van der Waals surface area contributed by atoms with Gasteiger partial charge in [0.25, 0.3) is 0 Å². The molecule has 0 unspecified atom stereocenters. The number of nitrogens with zero attached hydrogens (tertiary/aromatic N) is 4. The zero-order chi connectivity index (χ0) is 17.1. The van der Waals surface area contributed by atoms with E-state index in [-0.39, 0.29) is 5.82 Å². The quantitative estimate of drug-likeness (QED) is 0.611. The summed E-state index contributed by atoms with van der Waals surface area (Å²) in [7, 11) is 2.02. The van der Waals surface area contributed by atoms with Crippen molar-refractivity contribution < 1.29 is 4.39 Å². The molecular formula is C17H18ClFN4S. The van der Waals surface area contributed by atoms with E-state index >= 15 is 0 Å². The molecule has 0 atom stereocenters. The van der Waals surface area contributed by atoms with E-state index in [0.29, 0.717) is 10.8 Å². The van der Waals surface area contributed by atoms with Crippen molar-refractivity contribution in [1.29, 1.82) is 0 Å². The van der Waals surface area contributed by atoms with Gasteiger partial charge in [0.05, 0.1) is 0 Å². The van der Waals surface area contributed by atoms with E-state index in [4.69, 9.17) is 11.6 Å². The summed E-state index contributed by atoms with van der Waals surface area (Å²) in [5.41, 5.74) is 2.08. The Morgan fingerprint density at radius 2 is 2.08 bits per heavy atom. The fourth-order valence-corrected chi connectivity index (χ4v) is 3.84. The maximum atomic E-state index is 13.1. The standard InChI is InChI=1S/C17H18ClFN4S/c1-3-23-16(10-14-5-4-8-22(14)2)20-21-17(23)24-11-12-6-7-13(19)9-15(12)18/h4-9H,3,10-11H2,1-2H3. The highest BCUT2D eigenvalue weighted by Gasteiger charge is 2.14. The third-order valence-corrected chi connectivity index (χ3v) is 5.24. The summed E-state index contributed by atoms with van der Waals surface area (Å²) < 4.78 is 17.3. The van der Waals surface area contributed by atoms with Crippen LogP contribution in [0.5, 0.6) is 0 Å². The Kier molecular flexibility index (Phi) is 5.26. The second-order valence-corrected chi connectivity index (χ2v) is 6.80. The number of hydrogen-bond acceptors (Lipinski definition) is 3. The van der Waals surface area contributed by atoms with Gasteiger partial charge in [0, 0.05) is 42.7 Å². The van der Waals surface area contributed by atoms with E-state index in [1.807, 2.05) is 19.3 Å². The van der Waals surface area contributed by atoms with Gasteiger partial charge in [-0.3, -0.25) is 0 Å². The number of halogens is 2. The second kappa shape index (κ2) is 7.40. The molecule has 2 aromatic heterocycles. The van der Waals surface area contributed by atoms with Crippen molar-refractivity contribution in [2.45, 2.75) is 30.8 Å². The Morgan fingerprint density at radius 1 is 1.25 bits per heavy atom. The van der Waals surface area contributed by atoms with E-state index in [2.05, 4.69) is 32.3 Å². The van der Waals surface area contributed by atoms with Gasteiger partial charge < -0.3 is 9.13 Å². The van der Waals surface area contributed by atoms with E-state index in [0.717, 1.165) is 29.5 Å². The number of aryl methyl sites for hydroxylation is 1. The first-order chi connectivity index (χ1) is 11.6. The zero-order valence-corrected chi connectivity index (χ0v) is 15.1. The van der Waals surface area contributed by atoms with Gasteiger partial charge in [-0.05, 0) is 36.8 Å². The van der Waals surface area contributed by atoms with Crippen LogP contribution in [0.2, 0.25) is 5.02 Å². The first kappa shape index (κ1) is 17.0. The topological polar surface area (TPSA) is 35.6 Å². The summed E-state index contributed by atoms with van der Waals surface area (Å²) in [6.07, 6.45) is 2.76. The molecule has 3 rings (SSSR count). The maximum Gasteiger partial charge on any atom is 0.191 e. The summed E-state index contributed by atoms with van der Waals surface area (Å²) in [5, 5.41) is 9.93. The minimum absolute atomic E-state index is 0.324. The molecule has 126 valence electrons. The highest BCUT2D eigenvalue weighted by Crippen LogP contribution is 2.27. The van der Waals surface area contributed by atoms with Crippen LogP contribution in [0.3, 0.4) is 0 Å². The van der Waals surface area contributed by atoms with E-state index < -0.39 is 0 Å². The van der Waals surface area contributed by atoms with E-state index in [9.17, 15) is 4.39 Å². The molecule has 0 fully saturated rings. The predicted molar refractivity (Wildman–Crippen MR) is 94.9 cm³/mol. The molecule has 0 radical (unpaired) electrons. The third kappa shape index (κ3) is 3.65. The molecule has 0 N–H and O–H groups in total. The monoisotopic (exact) mass is 364 g/mol. The van der Waals surface area contributed by atoms with Crippen molar-refractivity contribution >= 4 is 23.4 Å². The Balaban J connectivity index is 1.75. The van der Waals surface area contributed by atoms with Gasteiger partial charge in [0.1, 0.15) is 11.6 Å². The zero-order valence-electron chi connectivity index (χ0n) is 13.5. The number of hydrogen-bond donors (Lipinski definition) is 0. The molecule has 7 heteroatoms. The van der Waals surface area contributed by atoms with Crippen molar-refractivity contribution in [3.63, 3.8) is 0 Å². The van der Waals surface area contributed by atoms with Crippen LogP contribution in [-0.4, -0.2) is 19.3 Å². The van der Waals surface area contributed by atoms with Crippen LogP contribution in [0.15, 0.2) is 41.7 Å². The maximum absolute atomic E-state index is 13.1. The number of benzene rings is 1. The highest BCUT2D eigenvalue weighted by molar-refractivity contribution is 7.98. The SMILES string of the molecule is CCn1c(Cc2cccn2C)nnc1SCc1ccc(F)cc1Cl. The number of aromatic nitrogens is 4. The van der Waals surface area contributed by atoms with Crippen LogP contribution in [0, 0.1) is 5.82 Å². The van der Waals surface area contributed by atoms with Gasteiger partial charge in [-0.2, -0.15) is 0 Å². The average Bonchev–Trinajstić information content (AvgIpc) is 3.13. The molecule has 2 heterocycles. The molecule has 0 saturated heterocycles. The lowest BCUT2D eigenvalue weighted by Crippen LogP contribution is -2.06. The number of thioether (sulfide) groups is 1. The number of rotatable bonds is 6. The second-order valence-electron chi connectivity index (χ2n) is 5.45. The van der Waals surface area contributed by atoms with Gasteiger partial charge in [-0.1, -0.05) is 29.4 Å². The summed E-state index contributed by atoms with van der Waals surface area (Å²) in [6.45, 7) is 2.87. The minimum Gasteiger partial charge on any atom is -0.354 e. The summed E-state index contributed by atoms with van der Waals surface area (Å²) in [6, 6.07) is 8.58.